The highest BCUT2D eigenvalue weighted by atomic mass is 16.5. The number of hydrogen-bond acceptors (Lipinski definition) is 4. The van der Waals surface area contributed by atoms with E-state index in [-0.39, 0.29) is 6.10 Å². The summed E-state index contributed by atoms with van der Waals surface area (Å²) in [6.45, 7) is 4.63. The molecule has 1 aromatic heterocycles. The first-order valence-electron chi connectivity index (χ1n) is 6.47. The molecular formula is C14H22N2O2. The van der Waals surface area contributed by atoms with Crippen molar-refractivity contribution in [1.82, 2.24) is 4.98 Å². The van der Waals surface area contributed by atoms with E-state index in [9.17, 15) is 0 Å². The summed E-state index contributed by atoms with van der Waals surface area (Å²) in [7, 11) is 1.56. The van der Waals surface area contributed by atoms with Crippen LogP contribution in [0.5, 0.6) is 11.8 Å². The average molecular weight is 250 g/mol. The maximum Gasteiger partial charge on any atom is 0.240 e. The molecule has 0 aliphatic heterocycles. The van der Waals surface area contributed by atoms with E-state index in [1.807, 2.05) is 0 Å². The molecule has 0 radical (unpaired) electrons. The number of nitrogens with two attached hydrogens (primary N) is 1. The van der Waals surface area contributed by atoms with Gasteiger partial charge in [-0.3, -0.25) is 0 Å². The molecule has 1 aliphatic carbocycles. The van der Waals surface area contributed by atoms with Crippen LogP contribution in [-0.2, 0) is 0 Å². The Labute approximate surface area is 108 Å². The van der Waals surface area contributed by atoms with Crippen molar-refractivity contribution in [2.45, 2.75) is 45.6 Å². The van der Waals surface area contributed by atoms with Crippen molar-refractivity contribution in [1.29, 1.82) is 0 Å². The van der Waals surface area contributed by atoms with Crippen LogP contribution >= 0.6 is 0 Å². The van der Waals surface area contributed by atoms with Crippen molar-refractivity contribution in [2.75, 3.05) is 12.8 Å². The minimum Gasteiger partial charge on any atom is -0.479 e. The van der Waals surface area contributed by atoms with Crippen molar-refractivity contribution in [3.05, 3.63) is 12.1 Å². The first-order chi connectivity index (χ1) is 8.50. The number of aromatic nitrogens is 1. The van der Waals surface area contributed by atoms with E-state index in [1.165, 1.54) is 12.8 Å². The molecule has 0 unspecified atom stereocenters. The zero-order chi connectivity index (χ0) is 13.2. The van der Waals surface area contributed by atoms with Gasteiger partial charge in [0.25, 0.3) is 0 Å². The van der Waals surface area contributed by atoms with Gasteiger partial charge < -0.3 is 15.2 Å². The molecule has 1 fully saturated rings. The van der Waals surface area contributed by atoms with Gasteiger partial charge >= 0.3 is 0 Å². The van der Waals surface area contributed by atoms with Gasteiger partial charge in [-0.15, -0.1) is 0 Å². The van der Waals surface area contributed by atoms with Gasteiger partial charge in [0.05, 0.1) is 12.8 Å². The first-order valence-corrected chi connectivity index (χ1v) is 6.47. The van der Waals surface area contributed by atoms with Crippen LogP contribution in [0.4, 0.5) is 5.69 Å². The summed E-state index contributed by atoms with van der Waals surface area (Å²) in [5.41, 5.74) is 6.71. The Morgan fingerprint density at radius 3 is 2.56 bits per heavy atom. The summed E-state index contributed by atoms with van der Waals surface area (Å²) in [6, 6.07) is 3.57. The second kappa shape index (κ2) is 5.04. The number of methoxy groups -OCH3 is 1. The van der Waals surface area contributed by atoms with Crippen molar-refractivity contribution in [3.63, 3.8) is 0 Å². The highest BCUT2D eigenvalue weighted by Gasteiger charge is 2.28. The van der Waals surface area contributed by atoms with Gasteiger partial charge in [0.2, 0.25) is 11.8 Å². The topological polar surface area (TPSA) is 57.4 Å². The van der Waals surface area contributed by atoms with E-state index in [0.717, 1.165) is 12.8 Å². The molecule has 4 nitrogen and oxygen atoms in total. The molecule has 1 aromatic rings. The number of anilines is 1. The molecule has 0 spiro atoms. The fourth-order valence-corrected chi connectivity index (χ4v) is 2.32. The summed E-state index contributed by atoms with van der Waals surface area (Å²) in [4.78, 5) is 4.25. The lowest BCUT2D eigenvalue weighted by Gasteiger charge is -2.34. The predicted octanol–water partition coefficient (Wildman–Crippen LogP) is 3.02. The predicted molar refractivity (Wildman–Crippen MR) is 71.9 cm³/mol. The Morgan fingerprint density at radius 2 is 1.94 bits per heavy atom. The van der Waals surface area contributed by atoms with Crippen LogP contribution in [0.3, 0.4) is 0 Å². The molecule has 0 atom stereocenters. The summed E-state index contributed by atoms with van der Waals surface area (Å²) in [6.07, 6.45) is 4.83. The summed E-state index contributed by atoms with van der Waals surface area (Å²) in [5, 5.41) is 0. The maximum atomic E-state index is 5.90. The van der Waals surface area contributed by atoms with E-state index < -0.39 is 0 Å². The molecule has 4 heteroatoms. The van der Waals surface area contributed by atoms with Gasteiger partial charge in [-0.1, -0.05) is 13.8 Å². The van der Waals surface area contributed by atoms with E-state index in [2.05, 4.69) is 18.8 Å². The van der Waals surface area contributed by atoms with Crippen LogP contribution in [0, 0.1) is 5.41 Å². The van der Waals surface area contributed by atoms with Crippen LogP contribution in [0.2, 0.25) is 0 Å². The van der Waals surface area contributed by atoms with E-state index in [1.54, 1.807) is 19.2 Å². The highest BCUT2D eigenvalue weighted by molar-refractivity contribution is 5.49. The zero-order valence-corrected chi connectivity index (χ0v) is 11.4. The molecule has 18 heavy (non-hydrogen) atoms. The SMILES string of the molecule is COc1nc(OC2CCC(C)(C)CC2)ccc1N. The molecule has 0 aromatic carbocycles. The van der Waals surface area contributed by atoms with Gasteiger partial charge in [-0.05, 0) is 37.2 Å². The second-order valence-corrected chi connectivity index (χ2v) is 5.73. The normalized spacial score (nSPS) is 19.5. The zero-order valence-electron chi connectivity index (χ0n) is 11.4. The molecule has 2 N–H and O–H groups in total. The van der Waals surface area contributed by atoms with Crippen LogP contribution in [-0.4, -0.2) is 18.2 Å². The summed E-state index contributed by atoms with van der Waals surface area (Å²) in [5.74, 6) is 1.04. The minimum atomic E-state index is 0.263. The molecule has 0 amide bonds. The van der Waals surface area contributed by atoms with E-state index >= 15 is 0 Å². The lowest BCUT2D eigenvalue weighted by atomic mass is 9.76. The second-order valence-electron chi connectivity index (χ2n) is 5.73. The third-order valence-electron chi connectivity index (χ3n) is 3.63. The standard InChI is InChI=1S/C14H22N2O2/c1-14(2)8-6-10(7-9-14)18-12-5-4-11(15)13(16-12)17-3/h4-5,10H,6-9,15H2,1-3H3. The van der Waals surface area contributed by atoms with Crippen molar-refractivity contribution in [2.24, 2.45) is 5.41 Å². The Morgan fingerprint density at radius 1 is 1.28 bits per heavy atom. The fourth-order valence-electron chi connectivity index (χ4n) is 2.32. The average Bonchev–Trinajstić information content (AvgIpc) is 2.34. The maximum absolute atomic E-state index is 5.90. The van der Waals surface area contributed by atoms with Crippen molar-refractivity contribution >= 4 is 5.69 Å². The third kappa shape index (κ3) is 3.06. The van der Waals surface area contributed by atoms with Gasteiger partial charge in [-0.25, -0.2) is 0 Å². The van der Waals surface area contributed by atoms with Crippen LogP contribution in [0.25, 0.3) is 0 Å². The first kappa shape index (κ1) is 13.0. The molecule has 1 aliphatic rings. The van der Waals surface area contributed by atoms with E-state index in [0.29, 0.717) is 22.9 Å². The summed E-state index contributed by atoms with van der Waals surface area (Å²) < 4.78 is 11.0. The van der Waals surface area contributed by atoms with Gasteiger partial charge in [-0.2, -0.15) is 4.98 Å². The Bertz CT molecular complexity index is 408. The smallest absolute Gasteiger partial charge is 0.240 e. The quantitative estimate of drug-likeness (QED) is 0.895. The van der Waals surface area contributed by atoms with Gasteiger partial charge in [0.1, 0.15) is 6.10 Å². The minimum absolute atomic E-state index is 0.263. The van der Waals surface area contributed by atoms with Crippen molar-refractivity contribution < 1.29 is 9.47 Å². The molecule has 1 heterocycles. The van der Waals surface area contributed by atoms with Gasteiger partial charge in [0.15, 0.2) is 0 Å². The number of hydrogen-bond donors (Lipinski definition) is 1. The number of nitrogens with zero attached hydrogens (tertiary/aromatic N) is 1. The Balaban J connectivity index is 1.98. The molecule has 0 bridgehead atoms. The Kier molecular flexibility index (Phi) is 3.64. The number of rotatable bonds is 3. The third-order valence-corrected chi connectivity index (χ3v) is 3.63. The molecule has 2 rings (SSSR count). The number of nitrogen functional groups attached to an aromatic ring is 1. The van der Waals surface area contributed by atoms with Crippen LogP contribution in [0.15, 0.2) is 12.1 Å². The van der Waals surface area contributed by atoms with Crippen LogP contribution < -0.4 is 15.2 Å². The van der Waals surface area contributed by atoms with Gasteiger partial charge in [0, 0.05) is 6.07 Å². The lowest BCUT2D eigenvalue weighted by Crippen LogP contribution is -2.28. The molecule has 0 saturated heterocycles. The monoisotopic (exact) mass is 250 g/mol. The molecule has 1 saturated carbocycles. The van der Waals surface area contributed by atoms with Crippen LogP contribution in [0.1, 0.15) is 39.5 Å². The molecule has 100 valence electrons. The lowest BCUT2D eigenvalue weighted by molar-refractivity contribution is 0.0943. The number of ether oxygens (including phenoxy) is 2. The fraction of sp³-hybridized carbons (Fsp3) is 0.643. The highest BCUT2D eigenvalue weighted by Crippen LogP contribution is 2.36. The summed E-state index contributed by atoms with van der Waals surface area (Å²) >= 11 is 0. The molecular weight excluding hydrogens is 228 g/mol. The number of pyridine rings is 1. The largest absolute Gasteiger partial charge is 0.479 e. The Hall–Kier alpha value is -1.45. The van der Waals surface area contributed by atoms with E-state index in [4.69, 9.17) is 15.2 Å². The van der Waals surface area contributed by atoms with Crippen molar-refractivity contribution in [3.8, 4) is 11.8 Å².